The minimum Gasteiger partial charge on any atom is -0.323 e. The van der Waals surface area contributed by atoms with Crippen LogP contribution < -0.4 is 9.62 Å². The van der Waals surface area contributed by atoms with Gasteiger partial charge in [-0.05, 0) is 57.5 Å². The Balaban J connectivity index is 2.01. The second-order valence-electron chi connectivity index (χ2n) is 7.50. The van der Waals surface area contributed by atoms with Crippen molar-refractivity contribution in [1.29, 1.82) is 0 Å². The zero-order valence-corrected chi connectivity index (χ0v) is 19.7. The molecule has 0 saturated carbocycles. The first kappa shape index (κ1) is 22.8. The molecule has 164 valence electrons. The molecule has 0 aliphatic rings. The summed E-state index contributed by atoms with van der Waals surface area (Å²) in [5.74, 6) is -0.505. The number of sulfonamides is 1. The Morgan fingerprint density at radius 3 is 2.23 bits per heavy atom. The van der Waals surface area contributed by atoms with Crippen molar-refractivity contribution in [3.8, 4) is 0 Å². The van der Waals surface area contributed by atoms with Gasteiger partial charge in [-0.3, -0.25) is 13.8 Å². The van der Waals surface area contributed by atoms with Crippen LogP contribution in [-0.2, 0) is 21.9 Å². The fraction of sp³-hybridized carbons (Fsp3) is 0.273. The van der Waals surface area contributed by atoms with Crippen molar-refractivity contribution < 1.29 is 13.2 Å². The van der Waals surface area contributed by atoms with E-state index in [9.17, 15) is 13.2 Å². The van der Waals surface area contributed by atoms with Gasteiger partial charge in [0.05, 0.1) is 27.8 Å². The molecule has 9 heteroatoms. The van der Waals surface area contributed by atoms with Crippen LogP contribution in [-0.4, -0.2) is 30.7 Å². The summed E-state index contributed by atoms with van der Waals surface area (Å²) >= 11 is 6.22. The average Bonchev–Trinajstić information content (AvgIpc) is 2.95. The number of carbonyl (C=O) groups is 1. The molecule has 0 radical (unpaired) electrons. The summed E-state index contributed by atoms with van der Waals surface area (Å²) in [7, 11) is -2.37. The number of anilines is 2. The molecule has 0 spiro atoms. The molecule has 1 aromatic heterocycles. The number of aromatic nitrogens is 2. The highest BCUT2D eigenvalue weighted by Gasteiger charge is 2.32. The summed E-state index contributed by atoms with van der Waals surface area (Å²) in [6, 6.07) is 12.2. The van der Waals surface area contributed by atoms with Gasteiger partial charge in [-0.2, -0.15) is 5.10 Å². The summed E-state index contributed by atoms with van der Waals surface area (Å²) in [5, 5.41) is 7.32. The summed E-state index contributed by atoms with van der Waals surface area (Å²) in [6.45, 7) is 6.71. The second-order valence-corrected chi connectivity index (χ2v) is 9.71. The van der Waals surface area contributed by atoms with Crippen molar-refractivity contribution in [2.45, 2.75) is 32.6 Å². The third-order valence-electron chi connectivity index (χ3n) is 5.00. The summed E-state index contributed by atoms with van der Waals surface area (Å²) in [6.07, 6.45) is 0. The van der Waals surface area contributed by atoms with Crippen molar-refractivity contribution >= 4 is 38.9 Å². The Bertz CT molecular complexity index is 1230. The van der Waals surface area contributed by atoms with Crippen molar-refractivity contribution in [3.05, 3.63) is 70.0 Å². The molecule has 0 atom stereocenters. The van der Waals surface area contributed by atoms with E-state index in [4.69, 9.17) is 11.6 Å². The number of halogens is 1. The first-order chi connectivity index (χ1) is 14.5. The van der Waals surface area contributed by atoms with Gasteiger partial charge in [0.25, 0.3) is 10.0 Å². The normalized spacial score (nSPS) is 11.4. The Morgan fingerprint density at radius 1 is 1.06 bits per heavy atom. The summed E-state index contributed by atoms with van der Waals surface area (Å²) < 4.78 is 29.9. The zero-order chi connectivity index (χ0) is 22.9. The van der Waals surface area contributed by atoms with Gasteiger partial charge in [-0.25, -0.2) is 8.42 Å². The number of nitrogens with one attached hydrogen (secondary N) is 1. The van der Waals surface area contributed by atoms with E-state index in [1.165, 1.54) is 4.68 Å². The Labute approximate surface area is 187 Å². The predicted molar refractivity (Wildman–Crippen MR) is 123 cm³/mol. The zero-order valence-electron chi connectivity index (χ0n) is 18.1. The van der Waals surface area contributed by atoms with Gasteiger partial charge in [0, 0.05) is 7.05 Å². The van der Waals surface area contributed by atoms with E-state index < -0.39 is 22.5 Å². The van der Waals surface area contributed by atoms with Crippen LogP contribution in [0.15, 0.2) is 47.4 Å². The highest BCUT2D eigenvalue weighted by Crippen LogP contribution is 2.28. The lowest BCUT2D eigenvalue weighted by Gasteiger charge is -2.24. The molecule has 0 unspecified atom stereocenters. The summed E-state index contributed by atoms with van der Waals surface area (Å²) in [5.41, 5.74) is 3.61. The van der Waals surface area contributed by atoms with Gasteiger partial charge in [-0.1, -0.05) is 35.4 Å². The van der Waals surface area contributed by atoms with E-state index in [1.807, 2.05) is 19.9 Å². The smallest absolute Gasteiger partial charge is 0.268 e. The number of hydrogen-bond acceptors (Lipinski definition) is 4. The largest absolute Gasteiger partial charge is 0.323 e. The van der Waals surface area contributed by atoms with Crippen LogP contribution in [0.3, 0.4) is 0 Å². The minimum atomic E-state index is -4.06. The fourth-order valence-electron chi connectivity index (χ4n) is 3.31. The molecule has 31 heavy (non-hydrogen) atoms. The standard InChI is InChI=1S/C22H25ClN4O3S/c1-14-6-9-18(10-7-14)27(31(29,30)22-16(3)25-26(5)17(22)4)13-21(28)24-20-11-8-15(2)12-19(20)23/h6-12H,13H2,1-5H3,(H,24,28). The number of benzene rings is 2. The highest BCUT2D eigenvalue weighted by atomic mass is 35.5. The van der Waals surface area contributed by atoms with E-state index in [1.54, 1.807) is 57.3 Å². The van der Waals surface area contributed by atoms with Crippen LogP contribution in [0, 0.1) is 27.7 Å². The quantitative estimate of drug-likeness (QED) is 0.599. The van der Waals surface area contributed by atoms with Gasteiger partial charge < -0.3 is 5.32 Å². The van der Waals surface area contributed by atoms with Crippen LogP contribution in [0.4, 0.5) is 11.4 Å². The molecule has 1 N–H and O–H groups in total. The van der Waals surface area contributed by atoms with Crippen LogP contribution in [0.25, 0.3) is 0 Å². The first-order valence-electron chi connectivity index (χ1n) is 9.66. The Morgan fingerprint density at radius 2 is 1.68 bits per heavy atom. The number of hydrogen-bond donors (Lipinski definition) is 1. The van der Waals surface area contributed by atoms with Crippen LogP contribution in [0.2, 0.25) is 5.02 Å². The van der Waals surface area contributed by atoms with Crippen LogP contribution in [0.5, 0.6) is 0 Å². The molecule has 3 aromatic rings. The van der Waals surface area contributed by atoms with E-state index in [0.717, 1.165) is 15.4 Å². The first-order valence-corrected chi connectivity index (χ1v) is 11.5. The molecular weight excluding hydrogens is 436 g/mol. The molecule has 0 saturated heterocycles. The van der Waals surface area contributed by atoms with Gasteiger partial charge in [0.15, 0.2) is 0 Å². The van der Waals surface area contributed by atoms with Gasteiger partial charge >= 0.3 is 0 Å². The number of amides is 1. The Kier molecular flexibility index (Phi) is 6.43. The van der Waals surface area contributed by atoms with Crippen molar-refractivity contribution in [2.75, 3.05) is 16.2 Å². The third kappa shape index (κ3) is 4.75. The van der Waals surface area contributed by atoms with Gasteiger partial charge in [-0.15, -0.1) is 0 Å². The summed E-state index contributed by atoms with van der Waals surface area (Å²) in [4.78, 5) is 13.0. The minimum absolute atomic E-state index is 0.0942. The maximum Gasteiger partial charge on any atom is 0.268 e. The lowest BCUT2D eigenvalue weighted by Crippen LogP contribution is -2.38. The lowest BCUT2D eigenvalue weighted by molar-refractivity contribution is -0.114. The number of rotatable bonds is 6. The molecule has 2 aromatic carbocycles. The molecule has 1 heterocycles. The molecule has 0 aliphatic heterocycles. The number of carbonyl (C=O) groups excluding carboxylic acids is 1. The monoisotopic (exact) mass is 460 g/mol. The average molecular weight is 461 g/mol. The van der Waals surface area contributed by atoms with Crippen molar-refractivity contribution in [1.82, 2.24) is 9.78 Å². The van der Waals surface area contributed by atoms with Crippen LogP contribution in [0.1, 0.15) is 22.5 Å². The molecule has 1 amide bonds. The lowest BCUT2D eigenvalue weighted by atomic mass is 10.2. The topological polar surface area (TPSA) is 84.3 Å². The molecule has 0 aliphatic carbocycles. The van der Waals surface area contributed by atoms with Gasteiger partial charge in [0.2, 0.25) is 5.91 Å². The highest BCUT2D eigenvalue weighted by molar-refractivity contribution is 7.93. The van der Waals surface area contributed by atoms with E-state index in [2.05, 4.69) is 10.4 Å². The SMILES string of the molecule is Cc1ccc(N(CC(=O)Nc2ccc(C)cc2Cl)S(=O)(=O)c2c(C)nn(C)c2C)cc1. The molecule has 0 bridgehead atoms. The second kappa shape index (κ2) is 8.72. The van der Waals surface area contributed by atoms with E-state index in [0.29, 0.717) is 27.8 Å². The van der Waals surface area contributed by atoms with Crippen molar-refractivity contribution in [2.24, 2.45) is 7.05 Å². The maximum atomic E-state index is 13.6. The number of aryl methyl sites for hydroxylation is 4. The molecular formula is C22H25ClN4O3S. The number of nitrogens with zero attached hydrogens (tertiary/aromatic N) is 3. The van der Waals surface area contributed by atoms with E-state index in [-0.39, 0.29) is 4.90 Å². The molecule has 3 rings (SSSR count). The van der Waals surface area contributed by atoms with Gasteiger partial charge in [0.1, 0.15) is 11.4 Å². The Hall–Kier alpha value is -2.84. The fourth-order valence-corrected chi connectivity index (χ4v) is 5.41. The van der Waals surface area contributed by atoms with Crippen LogP contribution >= 0.6 is 11.6 Å². The molecule has 0 fully saturated rings. The third-order valence-corrected chi connectivity index (χ3v) is 7.34. The molecule has 7 nitrogen and oxygen atoms in total. The predicted octanol–water partition coefficient (Wildman–Crippen LogP) is 4.14. The maximum absolute atomic E-state index is 13.6. The van der Waals surface area contributed by atoms with E-state index >= 15 is 0 Å². The van der Waals surface area contributed by atoms with Crippen molar-refractivity contribution in [3.63, 3.8) is 0 Å².